The Morgan fingerprint density at radius 3 is 2.00 bits per heavy atom. The van der Waals surface area contributed by atoms with E-state index in [4.69, 9.17) is 14.2 Å². The van der Waals surface area contributed by atoms with Crippen molar-refractivity contribution in [2.45, 2.75) is 103 Å². The van der Waals surface area contributed by atoms with Crippen molar-refractivity contribution in [1.29, 1.82) is 0 Å². The zero-order valence-corrected chi connectivity index (χ0v) is 24.4. The predicted octanol–water partition coefficient (Wildman–Crippen LogP) is 9.49. The first kappa shape index (κ1) is 31.4. The summed E-state index contributed by atoms with van der Waals surface area (Å²) in [6.45, 7) is 6.66. The molecular weight excluding hydrogens is 500 g/mol. The first-order valence-corrected chi connectivity index (χ1v) is 15.5. The normalized spacial score (nSPS) is 16.7. The maximum atomic E-state index is 12.6. The Morgan fingerprint density at radius 2 is 1.35 bits per heavy atom. The molecule has 1 fully saturated rings. The van der Waals surface area contributed by atoms with Crippen LogP contribution >= 0.6 is 0 Å². The van der Waals surface area contributed by atoms with Crippen LogP contribution in [-0.2, 0) is 4.79 Å². The minimum atomic E-state index is -0.441. The van der Waals surface area contributed by atoms with Gasteiger partial charge in [-0.25, -0.2) is 4.79 Å². The summed E-state index contributed by atoms with van der Waals surface area (Å²) >= 11 is 0. The Kier molecular flexibility index (Phi) is 14.4. The Balaban J connectivity index is 1.33. The smallest absolute Gasteiger partial charge is 0.343 e. The van der Waals surface area contributed by atoms with Crippen molar-refractivity contribution in [2.24, 2.45) is 11.8 Å². The molecule has 0 unspecified atom stereocenters. The van der Waals surface area contributed by atoms with Crippen molar-refractivity contribution < 1.29 is 23.8 Å². The van der Waals surface area contributed by atoms with Crippen LogP contribution in [0.2, 0.25) is 0 Å². The second-order valence-electron chi connectivity index (χ2n) is 11.1. The molecule has 0 saturated heterocycles. The lowest BCUT2D eigenvalue weighted by Gasteiger charge is -2.27. The van der Waals surface area contributed by atoms with E-state index in [0.29, 0.717) is 23.7 Å². The van der Waals surface area contributed by atoms with Gasteiger partial charge < -0.3 is 14.2 Å². The molecule has 5 nitrogen and oxygen atoms in total. The van der Waals surface area contributed by atoms with Gasteiger partial charge in [0.2, 0.25) is 0 Å². The molecule has 0 spiro atoms. The van der Waals surface area contributed by atoms with E-state index in [1.54, 1.807) is 48.5 Å². The van der Waals surface area contributed by atoms with Gasteiger partial charge in [-0.1, -0.05) is 64.4 Å². The summed E-state index contributed by atoms with van der Waals surface area (Å²) in [5.41, 5.74) is 0.452. The Bertz CT molecular complexity index is 1000. The van der Waals surface area contributed by atoms with Gasteiger partial charge in [-0.15, -0.1) is 6.58 Å². The fraction of sp³-hybridized carbons (Fsp3) is 0.543. The Morgan fingerprint density at radius 1 is 0.750 bits per heavy atom. The summed E-state index contributed by atoms with van der Waals surface area (Å²) in [6.07, 6.45) is 19.4. The van der Waals surface area contributed by atoms with Crippen molar-refractivity contribution in [1.82, 2.24) is 0 Å². The number of carbonyl (C=O) groups excluding carboxylic acids is 2. The average Bonchev–Trinajstić information content (AvgIpc) is 2.98. The Hall–Kier alpha value is -3.08. The van der Waals surface area contributed by atoms with Crippen molar-refractivity contribution in [3.63, 3.8) is 0 Å². The lowest BCUT2D eigenvalue weighted by Crippen LogP contribution is -2.25. The molecule has 40 heavy (non-hydrogen) atoms. The van der Waals surface area contributed by atoms with Crippen LogP contribution in [0, 0.1) is 11.8 Å². The monoisotopic (exact) mass is 548 g/mol. The maximum absolute atomic E-state index is 12.6. The molecule has 1 aliphatic carbocycles. The highest BCUT2D eigenvalue weighted by atomic mass is 16.5. The second-order valence-corrected chi connectivity index (χ2v) is 11.1. The van der Waals surface area contributed by atoms with Gasteiger partial charge in [0.05, 0.1) is 18.1 Å². The van der Waals surface area contributed by atoms with Crippen LogP contribution in [-0.4, -0.2) is 18.5 Å². The summed E-state index contributed by atoms with van der Waals surface area (Å²) in [7, 11) is 0. The van der Waals surface area contributed by atoms with Gasteiger partial charge in [0.25, 0.3) is 0 Å². The third-order valence-corrected chi connectivity index (χ3v) is 7.81. The lowest BCUT2D eigenvalue weighted by atomic mass is 9.80. The predicted molar refractivity (Wildman–Crippen MR) is 161 cm³/mol. The highest BCUT2D eigenvalue weighted by molar-refractivity contribution is 5.91. The van der Waals surface area contributed by atoms with E-state index in [1.807, 2.05) is 6.08 Å². The number of hydrogen-bond acceptors (Lipinski definition) is 5. The van der Waals surface area contributed by atoms with Crippen LogP contribution in [0.5, 0.6) is 17.2 Å². The van der Waals surface area contributed by atoms with E-state index < -0.39 is 5.97 Å². The highest BCUT2D eigenvalue weighted by Gasteiger charge is 2.27. The molecule has 0 radical (unpaired) electrons. The van der Waals surface area contributed by atoms with Gasteiger partial charge >= 0.3 is 11.9 Å². The summed E-state index contributed by atoms with van der Waals surface area (Å²) in [5.74, 6) is 1.77. The Labute approximate surface area is 241 Å². The van der Waals surface area contributed by atoms with Crippen molar-refractivity contribution in [3.05, 3.63) is 66.7 Å². The average molecular weight is 549 g/mol. The quantitative estimate of drug-likeness (QED) is 0.0803. The minimum absolute atomic E-state index is 0.0238. The topological polar surface area (TPSA) is 61.8 Å². The van der Waals surface area contributed by atoms with E-state index in [0.717, 1.165) is 56.6 Å². The van der Waals surface area contributed by atoms with E-state index in [1.165, 1.54) is 51.4 Å². The SMILES string of the molecule is C=CCCCCCCCCOc1ccc(C(=O)Oc2ccc(OC(=O)C3CCC(CCCCC)CC3)cc2)cc1. The first-order chi connectivity index (χ1) is 19.6. The van der Waals surface area contributed by atoms with E-state index >= 15 is 0 Å². The molecule has 2 aromatic rings. The van der Waals surface area contributed by atoms with Gasteiger partial charge in [-0.05, 0) is 99.4 Å². The highest BCUT2D eigenvalue weighted by Crippen LogP contribution is 2.33. The molecule has 0 bridgehead atoms. The third-order valence-electron chi connectivity index (χ3n) is 7.81. The molecule has 0 amide bonds. The van der Waals surface area contributed by atoms with E-state index in [-0.39, 0.29) is 11.9 Å². The van der Waals surface area contributed by atoms with Gasteiger partial charge in [-0.2, -0.15) is 0 Å². The summed E-state index contributed by atoms with van der Waals surface area (Å²) < 4.78 is 16.9. The zero-order chi connectivity index (χ0) is 28.4. The standard InChI is InChI=1S/C35H48O5/c1-3-5-7-8-9-10-11-13-27-38-31-21-19-30(20-22-31)35(37)40-33-25-23-32(24-26-33)39-34(36)29-17-15-28(16-18-29)14-12-6-4-2/h3,19-26,28-29H,1,4-18,27H2,2H3. The van der Waals surface area contributed by atoms with Crippen LogP contribution in [0.25, 0.3) is 0 Å². The molecule has 5 heteroatoms. The molecule has 218 valence electrons. The van der Waals surface area contributed by atoms with Gasteiger partial charge in [0, 0.05) is 0 Å². The molecule has 1 aliphatic rings. The van der Waals surface area contributed by atoms with Gasteiger partial charge in [0.15, 0.2) is 0 Å². The molecule has 0 atom stereocenters. The number of hydrogen-bond donors (Lipinski definition) is 0. The van der Waals surface area contributed by atoms with Gasteiger partial charge in [0.1, 0.15) is 17.2 Å². The van der Waals surface area contributed by atoms with E-state index in [9.17, 15) is 9.59 Å². The molecule has 0 aliphatic heterocycles. The molecule has 1 saturated carbocycles. The van der Waals surface area contributed by atoms with Crippen LogP contribution in [0.3, 0.4) is 0 Å². The first-order valence-electron chi connectivity index (χ1n) is 15.5. The summed E-state index contributed by atoms with van der Waals surface area (Å²) in [6, 6.07) is 13.7. The lowest BCUT2D eigenvalue weighted by molar-refractivity contribution is -0.140. The van der Waals surface area contributed by atoms with Gasteiger partial charge in [-0.3, -0.25) is 4.79 Å². The van der Waals surface area contributed by atoms with Crippen molar-refractivity contribution in [3.8, 4) is 17.2 Å². The maximum Gasteiger partial charge on any atom is 0.343 e. The molecule has 3 rings (SSSR count). The molecule has 0 N–H and O–H groups in total. The number of unbranched alkanes of at least 4 members (excludes halogenated alkanes) is 8. The number of allylic oxidation sites excluding steroid dienone is 1. The third kappa shape index (κ3) is 11.6. The number of esters is 2. The van der Waals surface area contributed by atoms with Crippen LogP contribution in [0.1, 0.15) is 114 Å². The summed E-state index contributed by atoms with van der Waals surface area (Å²) in [5, 5.41) is 0. The fourth-order valence-electron chi connectivity index (χ4n) is 5.29. The van der Waals surface area contributed by atoms with Crippen LogP contribution in [0.4, 0.5) is 0 Å². The molecule has 2 aromatic carbocycles. The van der Waals surface area contributed by atoms with Crippen molar-refractivity contribution >= 4 is 11.9 Å². The number of benzene rings is 2. The second kappa shape index (κ2) is 18.3. The van der Waals surface area contributed by atoms with Crippen LogP contribution in [0.15, 0.2) is 61.2 Å². The molecule has 0 aromatic heterocycles. The summed E-state index contributed by atoms with van der Waals surface area (Å²) in [4.78, 5) is 25.2. The fourth-order valence-corrected chi connectivity index (χ4v) is 5.29. The van der Waals surface area contributed by atoms with E-state index in [2.05, 4.69) is 13.5 Å². The van der Waals surface area contributed by atoms with Crippen molar-refractivity contribution in [2.75, 3.05) is 6.61 Å². The molecular formula is C35H48O5. The number of rotatable bonds is 18. The largest absolute Gasteiger partial charge is 0.494 e. The number of carbonyl (C=O) groups is 2. The minimum Gasteiger partial charge on any atom is -0.494 e. The molecule has 0 heterocycles. The zero-order valence-electron chi connectivity index (χ0n) is 24.4. The van der Waals surface area contributed by atoms with Crippen LogP contribution < -0.4 is 14.2 Å². The number of ether oxygens (including phenoxy) is 3.